The van der Waals surface area contributed by atoms with Crippen LogP contribution in [0.1, 0.15) is 58.9 Å². The molecule has 1 heterocycles. The molecule has 0 amide bonds. The third-order valence-corrected chi connectivity index (χ3v) is 5.29. The minimum atomic E-state index is 0.309. The van der Waals surface area contributed by atoms with Crippen LogP contribution in [-0.4, -0.2) is 16.3 Å². The van der Waals surface area contributed by atoms with Gasteiger partial charge in [0.25, 0.3) is 0 Å². The standard InChI is InChI=1S/C17H31N3/c1-5-20-12-14(11-19-20)10-17(13-18)8-6-15(7-9-17)16(2,3)4/h11-12,15H,5-10,13,18H2,1-4H3. The SMILES string of the molecule is CCn1cc(CC2(CN)CCC(C(C)(C)C)CC2)cn1. The van der Waals surface area contributed by atoms with Crippen LogP contribution in [-0.2, 0) is 13.0 Å². The second-order valence-electron chi connectivity index (χ2n) is 7.73. The quantitative estimate of drug-likeness (QED) is 0.913. The number of nitrogens with zero attached hydrogens (tertiary/aromatic N) is 2. The van der Waals surface area contributed by atoms with E-state index < -0.39 is 0 Å². The molecule has 1 aliphatic carbocycles. The van der Waals surface area contributed by atoms with Crippen molar-refractivity contribution in [2.24, 2.45) is 22.5 Å². The average molecular weight is 277 g/mol. The van der Waals surface area contributed by atoms with Crippen molar-refractivity contribution in [2.45, 2.75) is 66.3 Å². The maximum absolute atomic E-state index is 6.15. The summed E-state index contributed by atoms with van der Waals surface area (Å²) in [5.41, 5.74) is 8.25. The van der Waals surface area contributed by atoms with Crippen LogP contribution in [0, 0.1) is 16.7 Å². The van der Waals surface area contributed by atoms with E-state index in [0.29, 0.717) is 10.8 Å². The molecule has 0 aromatic carbocycles. The minimum Gasteiger partial charge on any atom is -0.330 e. The molecule has 0 bridgehead atoms. The average Bonchev–Trinajstić information content (AvgIpc) is 2.85. The molecule has 3 heteroatoms. The molecule has 1 saturated carbocycles. The van der Waals surface area contributed by atoms with Crippen molar-refractivity contribution in [3.63, 3.8) is 0 Å². The Morgan fingerprint density at radius 3 is 2.45 bits per heavy atom. The Hall–Kier alpha value is -0.830. The van der Waals surface area contributed by atoms with E-state index >= 15 is 0 Å². The molecule has 3 nitrogen and oxygen atoms in total. The van der Waals surface area contributed by atoms with Gasteiger partial charge >= 0.3 is 0 Å². The third-order valence-electron chi connectivity index (χ3n) is 5.29. The molecule has 0 radical (unpaired) electrons. The summed E-state index contributed by atoms with van der Waals surface area (Å²) < 4.78 is 2.01. The van der Waals surface area contributed by atoms with Crippen molar-refractivity contribution in [3.8, 4) is 0 Å². The van der Waals surface area contributed by atoms with Crippen LogP contribution < -0.4 is 5.73 Å². The van der Waals surface area contributed by atoms with Gasteiger partial charge in [0.05, 0.1) is 6.20 Å². The predicted molar refractivity (Wildman–Crippen MR) is 84.5 cm³/mol. The van der Waals surface area contributed by atoms with Crippen molar-refractivity contribution in [1.82, 2.24) is 9.78 Å². The van der Waals surface area contributed by atoms with Crippen LogP contribution in [0.5, 0.6) is 0 Å². The maximum atomic E-state index is 6.15. The van der Waals surface area contributed by atoms with Gasteiger partial charge in [-0.05, 0) is 67.9 Å². The van der Waals surface area contributed by atoms with Gasteiger partial charge in [0.1, 0.15) is 0 Å². The van der Waals surface area contributed by atoms with Crippen molar-refractivity contribution in [2.75, 3.05) is 6.54 Å². The molecule has 2 N–H and O–H groups in total. The number of hydrogen-bond acceptors (Lipinski definition) is 2. The zero-order valence-corrected chi connectivity index (χ0v) is 13.7. The molecule has 0 unspecified atom stereocenters. The van der Waals surface area contributed by atoms with Gasteiger partial charge in [-0.3, -0.25) is 4.68 Å². The Balaban J connectivity index is 2.01. The van der Waals surface area contributed by atoms with E-state index in [2.05, 4.69) is 39.0 Å². The molecular formula is C17H31N3. The first-order valence-electron chi connectivity index (χ1n) is 8.10. The van der Waals surface area contributed by atoms with Gasteiger partial charge in [-0.1, -0.05) is 20.8 Å². The molecule has 0 aliphatic heterocycles. The van der Waals surface area contributed by atoms with E-state index in [-0.39, 0.29) is 0 Å². The number of nitrogens with two attached hydrogens (primary N) is 1. The molecule has 0 spiro atoms. The lowest BCUT2D eigenvalue weighted by atomic mass is 9.62. The highest BCUT2D eigenvalue weighted by Gasteiger charge is 2.38. The molecule has 1 aromatic rings. The summed E-state index contributed by atoms with van der Waals surface area (Å²) in [6.45, 7) is 11.0. The van der Waals surface area contributed by atoms with Gasteiger partial charge in [-0.15, -0.1) is 0 Å². The topological polar surface area (TPSA) is 43.8 Å². The largest absolute Gasteiger partial charge is 0.330 e. The van der Waals surface area contributed by atoms with E-state index in [1.165, 1.54) is 31.2 Å². The number of hydrogen-bond donors (Lipinski definition) is 1. The van der Waals surface area contributed by atoms with Crippen LogP contribution >= 0.6 is 0 Å². The lowest BCUT2D eigenvalue weighted by molar-refractivity contribution is 0.0926. The van der Waals surface area contributed by atoms with Crippen LogP contribution in [0.25, 0.3) is 0 Å². The zero-order chi connectivity index (χ0) is 14.8. The molecule has 1 fully saturated rings. The molecule has 1 aliphatic rings. The normalized spacial score (nSPS) is 27.8. The maximum Gasteiger partial charge on any atom is 0.0521 e. The fourth-order valence-corrected chi connectivity index (χ4v) is 3.65. The number of rotatable bonds is 4. The van der Waals surface area contributed by atoms with Crippen molar-refractivity contribution < 1.29 is 0 Å². The zero-order valence-electron chi connectivity index (χ0n) is 13.7. The summed E-state index contributed by atoms with van der Waals surface area (Å²) >= 11 is 0. The van der Waals surface area contributed by atoms with Gasteiger partial charge < -0.3 is 5.73 Å². The van der Waals surface area contributed by atoms with E-state index in [0.717, 1.165) is 25.4 Å². The van der Waals surface area contributed by atoms with Crippen molar-refractivity contribution in [3.05, 3.63) is 18.0 Å². The van der Waals surface area contributed by atoms with Crippen LogP contribution in [0.4, 0.5) is 0 Å². The van der Waals surface area contributed by atoms with Crippen LogP contribution in [0.2, 0.25) is 0 Å². The smallest absolute Gasteiger partial charge is 0.0521 e. The van der Waals surface area contributed by atoms with E-state index in [1.807, 2.05) is 10.9 Å². The first-order valence-corrected chi connectivity index (χ1v) is 8.10. The molecule has 0 saturated heterocycles. The third kappa shape index (κ3) is 3.43. The molecule has 0 atom stereocenters. The summed E-state index contributed by atoms with van der Waals surface area (Å²) in [6, 6.07) is 0. The highest BCUT2D eigenvalue weighted by Crippen LogP contribution is 2.46. The summed E-state index contributed by atoms with van der Waals surface area (Å²) in [5, 5.41) is 4.40. The summed E-state index contributed by atoms with van der Waals surface area (Å²) in [4.78, 5) is 0. The highest BCUT2D eigenvalue weighted by atomic mass is 15.3. The molecule has 1 aromatic heterocycles. The Morgan fingerprint density at radius 2 is 2.00 bits per heavy atom. The number of aromatic nitrogens is 2. The van der Waals surface area contributed by atoms with Gasteiger partial charge in [0.15, 0.2) is 0 Å². The van der Waals surface area contributed by atoms with E-state index in [9.17, 15) is 0 Å². The van der Waals surface area contributed by atoms with Gasteiger partial charge in [0.2, 0.25) is 0 Å². The fraction of sp³-hybridized carbons (Fsp3) is 0.824. The van der Waals surface area contributed by atoms with Gasteiger partial charge in [0, 0.05) is 12.7 Å². The monoisotopic (exact) mass is 277 g/mol. The lowest BCUT2D eigenvalue weighted by Crippen LogP contribution is -2.39. The highest BCUT2D eigenvalue weighted by molar-refractivity contribution is 5.09. The minimum absolute atomic E-state index is 0.309. The summed E-state index contributed by atoms with van der Waals surface area (Å²) in [7, 11) is 0. The molecule has 20 heavy (non-hydrogen) atoms. The molecule has 2 rings (SSSR count). The Bertz CT molecular complexity index is 420. The second kappa shape index (κ2) is 5.88. The van der Waals surface area contributed by atoms with Crippen LogP contribution in [0.15, 0.2) is 12.4 Å². The number of aryl methyl sites for hydroxylation is 1. The first kappa shape index (κ1) is 15.6. The summed E-state index contributed by atoms with van der Waals surface area (Å²) in [5.74, 6) is 0.848. The van der Waals surface area contributed by atoms with Gasteiger partial charge in [-0.2, -0.15) is 5.10 Å². The fourth-order valence-electron chi connectivity index (χ4n) is 3.65. The van der Waals surface area contributed by atoms with E-state index in [4.69, 9.17) is 5.73 Å². The lowest BCUT2D eigenvalue weighted by Gasteiger charge is -2.43. The molecular weight excluding hydrogens is 246 g/mol. The summed E-state index contributed by atoms with van der Waals surface area (Å²) in [6.07, 6.45) is 10.5. The first-order chi connectivity index (χ1) is 9.38. The van der Waals surface area contributed by atoms with Crippen molar-refractivity contribution in [1.29, 1.82) is 0 Å². The van der Waals surface area contributed by atoms with Crippen LogP contribution in [0.3, 0.4) is 0 Å². The Kier molecular flexibility index (Phi) is 4.58. The Morgan fingerprint density at radius 1 is 1.35 bits per heavy atom. The second-order valence-corrected chi connectivity index (χ2v) is 7.73. The van der Waals surface area contributed by atoms with Gasteiger partial charge in [-0.25, -0.2) is 0 Å². The van der Waals surface area contributed by atoms with Crippen molar-refractivity contribution >= 4 is 0 Å². The Labute approximate surface area is 123 Å². The van der Waals surface area contributed by atoms with E-state index in [1.54, 1.807) is 0 Å². The predicted octanol–water partition coefficient (Wildman–Crippen LogP) is 3.63. The molecule has 114 valence electrons.